The average Bonchev–Trinajstić information content (AvgIpc) is 3.31. The number of hydrogen-bond acceptors (Lipinski definition) is 7. The van der Waals surface area contributed by atoms with E-state index in [4.69, 9.17) is 4.74 Å². The normalized spacial score (nSPS) is 14.6. The van der Waals surface area contributed by atoms with Gasteiger partial charge in [-0.25, -0.2) is 14.4 Å². The van der Waals surface area contributed by atoms with Gasteiger partial charge in [-0.2, -0.15) is 5.10 Å². The lowest BCUT2D eigenvalue weighted by molar-refractivity contribution is 0.0962. The van der Waals surface area contributed by atoms with Gasteiger partial charge in [0, 0.05) is 37.7 Å². The zero-order valence-electron chi connectivity index (χ0n) is 20.4. The summed E-state index contributed by atoms with van der Waals surface area (Å²) in [7, 11) is 5.08. The molecule has 2 aromatic heterocycles. The molecule has 0 atom stereocenters. The molecular formula is C25H32FN7O2. The number of rotatable bonds is 9. The first-order chi connectivity index (χ1) is 16.9. The molecule has 1 aliphatic heterocycles. The number of nitrogens with one attached hydrogen (secondary N) is 2. The van der Waals surface area contributed by atoms with E-state index in [1.165, 1.54) is 33.1 Å². The Morgan fingerprint density at radius 3 is 2.60 bits per heavy atom. The fourth-order valence-corrected chi connectivity index (χ4v) is 4.26. The molecule has 35 heavy (non-hydrogen) atoms. The van der Waals surface area contributed by atoms with E-state index in [-0.39, 0.29) is 11.7 Å². The lowest BCUT2D eigenvalue weighted by atomic mass is 9.97. The van der Waals surface area contributed by atoms with E-state index in [1.54, 1.807) is 24.7 Å². The summed E-state index contributed by atoms with van der Waals surface area (Å²) >= 11 is 0. The molecule has 0 aliphatic carbocycles. The number of hydrogen-bond donors (Lipinski definition) is 2. The zero-order valence-corrected chi connectivity index (χ0v) is 20.4. The minimum absolute atomic E-state index is 0.0493. The molecule has 1 saturated heterocycles. The van der Waals surface area contributed by atoms with Crippen molar-refractivity contribution >= 4 is 17.5 Å². The largest absolute Gasteiger partial charge is 0.494 e. The number of methoxy groups -OCH3 is 1. The molecule has 0 unspecified atom stereocenters. The van der Waals surface area contributed by atoms with Crippen molar-refractivity contribution in [3.05, 3.63) is 59.4 Å². The highest BCUT2D eigenvalue weighted by atomic mass is 19.1. The Kier molecular flexibility index (Phi) is 7.91. The molecule has 9 nitrogen and oxygen atoms in total. The SMILES string of the molecule is CNC(=O)c1cc(CCc2cnc(Nc3cnn(CC4CCN(C)CC4)c3)nc2)c(F)c(OC)c1. The van der Waals surface area contributed by atoms with Gasteiger partial charge in [0.25, 0.3) is 5.91 Å². The van der Waals surface area contributed by atoms with Crippen LogP contribution in [0.5, 0.6) is 5.75 Å². The molecule has 1 aromatic carbocycles. The van der Waals surface area contributed by atoms with Gasteiger partial charge in [-0.3, -0.25) is 9.48 Å². The first-order valence-electron chi connectivity index (χ1n) is 11.8. The summed E-state index contributed by atoms with van der Waals surface area (Å²) in [5.74, 6) is 0.418. The molecule has 4 rings (SSSR count). The van der Waals surface area contributed by atoms with Crippen molar-refractivity contribution in [2.75, 3.05) is 39.6 Å². The van der Waals surface area contributed by atoms with E-state index in [0.717, 1.165) is 30.9 Å². The van der Waals surface area contributed by atoms with Crippen LogP contribution in [0, 0.1) is 11.7 Å². The van der Waals surface area contributed by atoms with Gasteiger partial charge in [-0.15, -0.1) is 0 Å². The number of anilines is 2. The highest BCUT2D eigenvalue weighted by Crippen LogP contribution is 2.25. The van der Waals surface area contributed by atoms with Gasteiger partial charge in [-0.1, -0.05) is 0 Å². The number of halogens is 1. The third-order valence-corrected chi connectivity index (χ3v) is 6.38. The quantitative estimate of drug-likeness (QED) is 0.485. The van der Waals surface area contributed by atoms with Crippen LogP contribution in [0.1, 0.15) is 34.3 Å². The van der Waals surface area contributed by atoms with Crippen molar-refractivity contribution in [3.8, 4) is 5.75 Å². The minimum atomic E-state index is -0.461. The Hall–Kier alpha value is -3.53. The lowest BCUT2D eigenvalue weighted by Gasteiger charge is -2.28. The van der Waals surface area contributed by atoms with Gasteiger partial charge in [-0.05, 0) is 75.0 Å². The molecule has 10 heteroatoms. The summed E-state index contributed by atoms with van der Waals surface area (Å²) in [4.78, 5) is 23.1. The molecule has 1 amide bonds. The number of benzene rings is 1. The first-order valence-corrected chi connectivity index (χ1v) is 11.8. The second-order valence-corrected chi connectivity index (χ2v) is 8.97. The smallest absolute Gasteiger partial charge is 0.251 e. The molecule has 2 N–H and O–H groups in total. The molecule has 3 aromatic rings. The number of carbonyl (C=O) groups excluding carboxylic acids is 1. The Bertz CT molecular complexity index is 1140. The third kappa shape index (κ3) is 6.33. The van der Waals surface area contributed by atoms with Gasteiger partial charge >= 0.3 is 0 Å². The van der Waals surface area contributed by atoms with Crippen molar-refractivity contribution in [1.82, 2.24) is 30.0 Å². The number of amides is 1. The maximum absolute atomic E-state index is 14.7. The average molecular weight is 482 g/mol. The Balaban J connectivity index is 1.34. The van der Waals surface area contributed by atoms with Gasteiger partial charge in [0.05, 0.1) is 19.0 Å². The van der Waals surface area contributed by atoms with E-state index in [0.29, 0.717) is 35.8 Å². The lowest BCUT2D eigenvalue weighted by Crippen LogP contribution is -2.31. The van der Waals surface area contributed by atoms with Gasteiger partial charge in [0.2, 0.25) is 5.95 Å². The van der Waals surface area contributed by atoms with Gasteiger partial charge < -0.3 is 20.3 Å². The van der Waals surface area contributed by atoms with E-state index in [2.05, 4.69) is 37.6 Å². The van der Waals surface area contributed by atoms with Crippen molar-refractivity contribution < 1.29 is 13.9 Å². The van der Waals surface area contributed by atoms with Crippen molar-refractivity contribution in [3.63, 3.8) is 0 Å². The highest BCUT2D eigenvalue weighted by Gasteiger charge is 2.18. The molecule has 0 bridgehead atoms. The summed E-state index contributed by atoms with van der Waals surface area (Å²) < 4.78 is 21.8. The number of nitrogens with zero attached hydrogens (tertiary/aromatic N) is 5. The van der Waals surface area contributed by atoms with E-state index < -0.39 is 5.82 Å². The van der Waals surface area contributed by atoms with Crippen LogP contribution in [0.4, 0.5) is 16.0 Å². The van der Waals surface area contributed by atoms with Crippen molar-refractivity contribution in [2.24, 2.45) is 5.92 Å². The van der Waals surface area contributed by atoms with Crippen LogP contribution < -0.4 is 15.4 Å². The standard InChI is InChI=1S/C25H32FN7O2/c1-27-24(34)20-10-19(23(26)22(11-20)35-3)5-4-18-12-28-25(29-13-18)31-21-14-30-33(16-21)15-17-6-8-32(2)9-7-17/h10-14,16-17H,4-9,15H2,1-3H3,(H,27,34)(H,28,29,31). The van der Waals surface area contributed by atoms with E-state index >= 15 is 0 Å². The van der Waals surface area contributed by atoms with Crippen LogP contribution in [0.25, 0.3) is 0 Å². The van der Waals surface area contributed by atoms with Crippen LogP contribution in [0.3, 0.4) is 0 Å². The Labute approximate surface area is 204 Å². The second kappa shape index (κ2) is 11.3. The summed E-state index contributed by atoms with van der Waals surface area (Å²) in [6.07, 6.45) is 10.5. The summed E-state index contributed by atoms with van der Waals surface area (Å²) in [6, 6.07) is 2.95. The summed E-state index contributed by atoms with van der Waals surface area (Å²) in [5.41, 5.74) is 2.46. The Morgan fingerprint density at radius 2 is 1.91 bits per heavy atom. The van der Waals surface area contributed by atoms with Crippen molar-refractivity contribution in [1.29, 1.82) is 0 Å². The van der Waals surface area contributed by atoms with E-state index in [1.807, 2.05) is 10.9 Å². The van der Waals surface area contributed by atoms with E-state index in [9.17, 15) is 9.18 Å². The van der Waals surface area contributed by atoms with Crippen LogP contribution in [-0.4, -0.2) is 64.9 Å². The number of likely N-dealkylation sites (tertiary alicyclic amines) is 1. The molecule has 0 spiro atoms. The van der Waals surface area contributed by atoms with Crippen LogP contribution in [0.15, 0.2) is 36.9 Å². The van der Waals surface area contributed by atoms with Crippen LogP contribution >= 0.6 is 0 Å². The predicted octanol–water partition coefficient (Wildman–Crippen LogP) is 3.05. The number of carbonyl (C=O) groups is 1. The third-order valence-electron chi connectivity index (χ3n) is 6.38. The maximum Gasteiger partial charge on any atom is 0.251 e. The molecule has 3 heterocycles. The first kappa shape index (κ1) is 24.6. The molecule has 1 aliphatic rings. The molecule has 186 valence electrons. The topological polar surface area (TPSA) is 97.2 Å². The highest BCUT2D eigenvalue weighted by molar-refractivity contribution is 5.94. The van der Waals surface area contributed by atoms with Gasteiger partial charge in [0.1, 0.15) is 0 Å². The molecular weight excluding hydrogens is 449 g/mol. The summed E-state index contributed by atoms with van der Waals surface area (Å²) in [6.45, 7) is 3.19. The molecule has 0 saturated carbocycles. The minimum Gasteiger partial charge on any atom is -0.494 e. The van der Waals surface area contributed by atoms with Crippen LogP contribution in [0.2, 0.25) is 0 Å². The second-order valence-electron chi connectivity index (χ2n) is 8.97. The fraction of sp³-hybridized carbons (Fsp3) is 0.440. The van der Waals surface area contributed by atoms with Crippen LogP contribution in [-0.2, 0) is 19.4 Å². The summed E-state index contributed by atoms with van der Waals surface area (Å²) in [5, 5.41) is 10.2. The van der Waals surface area contributed by atoms with Crippen molar-refractivity contribution in [2.45, 2.75) is 32.2 Å². The zero-order chi connectivity index (χ0) is 24.8. The number of aryl methyl sites for hydroxylation is 2. The number of ether oxygens (including phenoxy) is 1. The number of piperidine rings is 1. The fourth-order valence-electron chi connectivity index (χ4n) is 4.26. The molecule has 1 fully saturated rings. The van der Waals surface area contributed by atoms with Gasteiger partial charge in [0.15, 0.2) is 11.6 Å². The maximum atomic E-state index is 14.7. The Morgan fingerprint density at radius 1 is 1.17 bits per heavy atom. The number of aromatic nitrogens is 4. The predicted molar refractivity (Wildman–Crippen MR) is 132 cm³/mol. The monoisotopic (exact) mass is 481 g/mol. The molecule has 0 radical (unpaired) electrons.